The van der Waals surface area contributed by atoms with Crippen LogP contribution in [0.2, 0.25) is 0 Å². The van der Waals surface area contributed by atoms with Crippen molar-refractivity contribution in [3.63, 3.8) is 0 Å². The lowest BCUT2D eigenvalue weighted by molar-refractivity contribution is -0.112. The smallest absolute Gasteiger partial charge is 0.228 e. The van der Waals surface area contributed by atoms with Gasteiger partial charge in [0.1, 0.15) is 0 Å². The minimum Gasteiger partial charge on any atom is -0.347 e. The van der Waals surface area contributed by atoms with Crippen LogP contribution >= 0.6 is 11.8 Å². The van der Waals surface area contributed by atoms with Gasteiger partial charge in [0.25, 0.3) is 0 Å². The molecule has 0 atom stereocenters. The van der Waals surface area contributed by atoms with E-state index in [-0.39, 0.29) is 11.2 Å². The zero-order valence-electron chi connectivity index (χ0n) is 18.0. The molecule has 2 aromatic rings. The Morgan fingerprint density at radius 1 is 1.20 bits per heavy atom. The van der Waals surface area contributed by atoms with E-state index in [0.717, 1.165) is 29.9 Å². The lowest BCUT2D eigenvalue weighted by Gasteiger charge is -2.23. The number of likely N-dealkylation sites (N-methyl/N-ethyl adjacent to an activating group) is 1. The minimum absolute atomic E-state index is 0.121. The summed E-state index contributed by atoms with van der Waals surface area (Å²) >= 11 is 1.52. The molecular formula is C23H29N5OS. The van der Waals surface area contributed by atoms with E-state index in [2.05, 4.69) is 62.7 Å². The Morgan fingerprint density at radius 2 is 1.93 bits per heavy atom. The number of anilines is 2. The number of nitrogens with zero attached hydrogens (tertiary/aromatic N) is 5. The summed E-state index contributed by atoms with van der Waals surface area (Å²) in [4.78, 5) is 17.4. The number of hydrogen-bond donors (Lipinski definition) is 0. The van der Waals surface area contributed by atoms with E-state index in [0.29, 0.717) is 11.8 Å². The van der Waals surface area contributed by atoms with E-state index < -0.39 is 0 Å². The van der Waals surface area contributed by atoms with E-state index >= 15 is 0 Å². The summed E-state index contributed by atoms with van der Waals surface area (Å²) in [5.41, 5.74) is 3.32. The summed E-state index contributed by atoms with van der Waals surface area (Å²) in [6.07, 6.45) is 6.63. The number of rotatable bonds is 6. The van der Waals surface area contributed by atoms with Gasteiger partial charge in [-0.15, -0.1) is 10.2 Å². The van der Waals surface area contributed by atoms with Crippen molar-refractivity contribution in [2.24, 2.45) is 0 Å². The molecule has 0 radical (unpaired) electrons. The van der Waals surface area contributed by atoms with Crippen LogP contribution in [0.1, 0.15) is 51.1 Å². The highest BCUT2D eigenvalue weighted by atomic mass is 32.2. The average molecular weight is 424 g/mol. The van der Waals surface area contributed by atoms with Gasteiger partial charge in [-0.25, -0.2) is 0 Å². The van der Waals surface area contributed by atoms with Gasteiger partial charge in [-0.1, -0.05) is 43.8 Å². The van der Waals surface area contributed by atoms with Crippen LogP contribution in [0.5, 0.6) is 0 Å². The second-order valence-electron chi connectivity index (χ2n) is 9.06. The molecular weight excluding hydrogens is 394 g/mol. The molecule has 1 saturated heterocycles. The van der Waals surface area contributed by atoms with Crippen molar-refractivity contribution in [2.75, 3.05) is 35.7 Å². The van der Waals surface area contributed by atoms with E-state index in [4.69, 9.17) is 0 Å². The van der Waals surface area contributed by atoms with Gasteiger partial charge in [0.05, 0.1) is 5.75 Å². The number of fused-ring (bicyclic) bond motifs is 1. The first kappa shape index (κ1) is 19.7. The highest BCUT2D eigenvalue weighted by Crippen LogP contribution is 2.46. The number of carbonyl (C=O) groups is 1. The third kappa shape index (κ3) is 3.33. The number of benzene rings is 1. The summed E-state index contributed by atoms with van der Waals surface area (Å²) < 4.78 is 2.28. The molecule has 2 aliphatic heterocycles. The fraction of sp³-hybridized carbons (Fsp3) is 0.522. The monoisotopic (exact) mass is 423 g/mol. The van der Waals surface area contributed by atoms with E-state index in [9.17, 15) is 4.79 Å². The molecule has 0 unspecified atom stereocenters. The summed E-state index contributed by atoms with van der Waals surface area (Å²) in [6, 6.07) is 8.90. The molecule has 158 valence electrons. The number of allylic oxidation sites excluding steroid dienone is 2. The van der Waals surface area contributed by atoms with Gasteiger partial charge in [-0.2, -0.15) is 0 Å². The predicted octanol–water partition coefficient (Wildman–Crippen LogP) is 4.19. The van der Waals surface area contributed by atoms with Crippen molar-refractivity contribution < 1.29 is 4.79 Å². The van der Waals surface area contributed by atoms with E-state index in [1.165, 1.54) is 48.7 Å². The van der Waals surface area contributed by atoms with Crippen molar-refractivity contribution in [2.45, 2.75) is 56.1 Å². The molecule has 30 heavy (non-hydrogen) atoms. The summed E-state index contributed by atoms with van der Waals surface area (Å²) in [7, 11) is 2.05. The van der Waals surface area contributed by atoms with Crippen LogP contribution in [0.15, 0.2) is 41.2 Å². The van der Waals surface area contributed by atoms with Crippen LogP contribution in [0.4, 0.5) is 11.6 Å². The van der Waals surface area contributed by atoms with E-state index in [1.807, 2.05) is 13.1 Å². The Hall–Kier alpha value is -2.28. The second-order valence-corrected chi connectivity index (χ2v) is 10.0. The Kier molecular flexibility index (Phi) is 4.88. The van der Waals surface area contributed by atoms with Crippen LogP contribution in [0, 0.1) is 0 Å². The minimum atomic E-state index is -0.178. The highest BCUT2D eigenvalue weighted by molar-refractivity contribution is 7.99. The maximum atomic E-state index is 12.9. The zero-order valence-corrected chi connectivity index (χ0v) is 18.8. The van der Waals surface area contributed by atoms with Crippen LogP contribution in [-0.2, 0) is 10.2 Å². The third-order valence-electron chi connectivity index (χ3n) is 6.53. The van der Waals surface area contributed by atoms with Crippen LogP contribution in [0.25, 0.3) is 0 Å². The fourth-order valence-corrected chi connectivity index (χ4v) is 5.56. The third-order valence-corrected chi connectivity index (χ3v) is 7.49. The lowest BCUT2D eigenvalue weighted by Crippen LogP contribution is -2.24. The van der Waals surface area contributed by atoms with Gasteiger partial charge < -0.3 is 9.80 Å². The second kappa shape index (κ2) is 7.45. The van der Waals surface area contributed by atoms with Gasteiger partial charge >= 0.3 is 0 Å². The van der Waals surface area contributed by atoms with E-state index in [1.54, 1.807) is 0 Å². The molecule has 0 spiro atoms. The first-order chi connectivity index (χ1) is 14.5. The largest absolute Gasteiger partial charge is 0.347 e. The summed E-state index contributed by atoms with van der Waals surface area (Å²) in [6.45, 7) is 6.49. The molecule has 2 fully saturated rings. The predicted molar refractivity (Wildman–Crippen MR) is 121 cm³/mol. The quantitative estimate of drug-likeness (QED) is 0.513. The fourth-order valence-electron chi connectivity index (χ4n) is 4.74. The van der Waals surface area contributed by atoms with Crippen molar-refractivity contribution in [1.82, 2.24) is 14.8 Å². The number of para-hydroxylation sites is 1. The van der Waals surface area contributed by atoms with Crippen molar-refractivity contribution in [3.05, 3.63) is 41.6 Å². The molecule has 0 amide bonds. The SMILES string of the molecule is CN1/C(=C/C(=O)CSc2nnc(N3CCCC3)n2C2CC2)C(C)(C)c2ccccc21. The van der Waals surface area contributed by atoms with Gasteiger partial charge in [0.15, 0.2) is 10.9 Å². The Balaban J connectivity index is 1.33. The highest BCUT2D eigenvalue weighted by Gasteiger charge is 2.38. The molecule has 1 saturated carbocycles. The number of aromatic nitrogens is 3. The topological polar surface area (TPSA) is 54.3 Å². The van der Waals surface area contributed by atoms with Crippen LogP contribution in [0.3, 0.4) is 0 Å². The Morgan fingerprint density at radius 3 is 2.63 bits per heavy atom. The number of carbonyl (C=O) groups excluding carboxylic acids is 1. The number of ketones is 1. The molecule has 3 heterocycles. The molecule has 5 rings (SSSR count). The maximum Gasteiger partial charge on any atom is 0.228 e. The molecule has 0 N–H and O–H groups in total. The normalized spacial score (nSPS) is 21.5. The molecule has 1 aromatic carbocycles. The van der Waals surface area contributed by atoms with Crippen molar-refractivity contribution >= 4 is 29.2 Å². The summed E-state index contributed by atoms with van der Waals surface area (Å²) in [5, 5.41) is 9.82. The first-order valence-corrected chi connectivity index (χ1v) is 11.9. The standard InChI is InChI=1S/C23H29N5OS/c1-23(2)18-8-4-5-9-19(18)26(3)20(23)14-17(29)15-30-22-25-24-21(27-12-6-7-13-27)28(22)16-10-11-16/h4-5,8-9,14,16H,6-7,10-13,15H2,1-3H3/b20-14+. The Bertz CT molecular complexity index is 1000. The maximum absolute atomic E-state index is 12.9. The van der Waals surface area contributed by atoms with Gasteiger partial charge in [-0.3, -0.25) is 9.36 Å². The number of hydrogen-bond acceptors (Lipinski definition) is 6. The van der Waals surface area contributed by atoms with Crippen LogP contribution in [-0.4, -0.2) is 46.4 Å². The molecule has 0 bridgehead atoms. The zero-order chi connectivity index (χ0) is 20.9. The van der Waals surface area contributed by atoms with Gasteiger partial charge in [-0.05, 0) is 37.3 Å². The van der Waals surface area contributed by atoms with Gasteiger partial charge in [0.2, 0.25) is 5.95 Å². The Labute approximate surface area is 182 Å². The molecule has 1 aromatic heterocycles. The molecule has 1 aliphatic carbocycles. The van der Waals surface area contributed by atoms with Gasteiger partial charge in [0, 0.05) is 49.1 Å². The average Bonchev–Trinajstić information content (AvgIpc) is 3.19. The van der Waals surface area contributed by atoms with Crippen LogP contribution < -0.4 is 9.80 Å². The molecule has 6 nitrogen and oxygen atoms in total. The summed E-state index contributed by atoms with van der Waals surface area (Å²) in [5.74, 6) is 1.50. The lowest BCUT2D eigenvalue weighted by atomic mass is 9.83. The van der Waals surface area contributed by atoms with Crippen molar-refractivity contribution in [3.8, 4) is 0 Å². The molecule has 7 heteroatoms. The first-order valence-electron chi connectivity index (χ1n) is 10.9. The molecule has 3 aliphatic rings. The number of thioether (sulfide) groups is 1. The van der Waals surface area contributed by atoms with Crippen molar-refractivity contribution in [1.29, 1.82) is 0 Å².